The summed E-state index contributed by atoms with van der Waals surface area (Å²) in [5, 5.41) is 0. The van der Waals surface area contributed by atoms with Gasteiger partial charge < -0.3 is 0 Å². The summed E-state index contributed by atoms with van der Waals surface area (Å²) < 4.78 is 78.3. The highest BCUT2D eigenvalue weighted by Gasteiger charge is 2.46. The van der Waals surface area contributed by atoms with Crippen LogP contribution in [0.5, 0.6) is 0 Å². The number of pyridine rings is 1. The van der Waals surface area contributed by atoms with Crippen LogP contribution in [0.1, 0.15) is 5.82 Å². The molecule has 2 aromatic heterocycles. The van der Waals surface area contributed by atoms with Gasteiger partial charge in [0.15, 0.2) is 0 Å². The number of nitrogens with zero attached hydrogens (tertiary/aromatic N) is 3. The van der Waals surface area contributed by atoms with E-state index in [1.165, 1.54) is 48.8 Å². The standard InChI is InChI=1S/C17H9F6N3O/c18-16(19,20)15-25-13(11-6-8-24-9-7-11)12(10-4-2-1-3-5-10)14(27)26(15)17(21,22)23/h1-9H. The Morgan fingerprint density at radius 3 is 1.93 bits per heavy atom. The maximum absolute atomic E-state index is 13.3. The normalized spacial score (nSPS) is 12.2. The predicted molar refractivity (Wildman–Crippen MR) is 83.5 cm³/mol. The number of halogens is 6. The van der Waals surface area contributed by atoms with Crippen molar-refractivity contribution >= 4 is 0 Å². The molecule has 0 unspecified atom stereocenters. The first-order valence-electron chi connectivity index (χ1n) is 7.38. The number of hydrogen-bond acceptors (Lipinski definition) is 3. The molecule has 0 aliphatic heterocycles. The summed E-state index contributed by atoms with van der Waals surface area (Å²) in [6.45, 7) is 0. The highest BCUT2D eigenvalue weighted by Crippen LogP contribution is 2.36. The Morgan fingerprint density at radius 1 is 0.815 bits per heavy atom. The van der Waals surface area contributed by atoms with Gasteiger partial charge in [0, 0.05) is 18.0 Å². The second kappa shape index (κ2) is 6.53. The monoisotopic (exact) mass is 385 g/mol. The summed E-state index contributed by atoms with van der Waals surface area (Å²) in [5.74, 6) is -2.34. The summed E-state index contributed by atoms with van der Waals surface area (Å²) in [7, 11) is 0. The van der Waals surface area contributed by atoms with Crippen LogP contribution in [0.25, 0.3) is 22.4 Å². The molecule has 0 amide bonds. The molecule has 0 aliphatic rings. The smallest absolute Gasteiger partial charge is 0.268 e. The van der Waals surface area contributed by atoms with E-state index in [0.29, 0.717) is 0 Å². The van der Waals surface area contributed by atoms with Gasteiger partial charge in [-0.1, -0.05) is 30.3 Å². The van der Waals surface area contributed by atoms with Gasteiger partial charge in [0.2, 0.25) is 5.82 Å². The summed E-state index contributed by atoms with van der Waals surface area (Å²) in [6.07, 6.45) is -8.64. The van der Waals surface area contributed by atoms with Gasteiger partial charge >= 0.3 is 12.5 Å². The van der Waals surface area contributed by atoms with Gasteiger partial charge in [0.25, 0.3) is 5.56 Å². The molecule has 27 heavy (non-hydrogen) atoms. The summed E-state index contributed by atoms with van der Waals surface area (Å²) in [6, 6.07) is 9.59. The molecule has 0 radical (unpaired) electrons. The van der Waals surface area contributed by atoms with Gasteiger partial charge in [-0.15, -0.1) is 13.2 Å². The molecule has 10 heteroatoms. The van der Waals surface area contributed by atoms with Crippen LogP contribution in [-0.4, -0.2) is 14.5 Å². The van der Waals surface area contributed by atoms with Gasteiger partial charge in [0.1, 0.15) is 0 Å². The Labute approximate surface area is 147 Å². The van der Waals surface area contributed by atoms with Crippen molar-refractivity contribution < 1.29 is 26.3 Å². The Hall–Kier alpha value is -3.17. The maximum atomic E-state index is 13.3. The first-order chi connectivity index (χ1) is 12.6. The van der Waals surface area contributed by atoms with Crippen molar-refractivity contribution in [2.75, 3.05) is 0 Å². The van der Waals surface area contributed by atoms with E-state index in [0.717, 1.165) is 0 Å². The minimum absolute atomic E-state index is 0.00790. The van der Waals surface area contributed by atoms with Gasteiger partial charge in [-0.2, -0.15) is 17.7 Å². The predicted octanol–water partition coefficient (Wildman–Crippen LogP) is 4.47. The topological polar surface area (TPSA) is 47.8 Å². The van der Waals surface area contributed by atoms with Crippen LogP contribution in [0.15, 0.2) is 59.7 Å². The van der Waals surface area contributed by atoms with Crippen molar-refractivity contribution in [3.63, 3.8) is 0 Å². The molecule has 0 bridgehead atoms. The minimum atomic E-state index is -5.60. The molecule has 3 rings (SSSR count). The average Bonchev–Trinajstić information content (AvgIpc) is 2.60. The minimum Gasteiger partial charge on any atom is -0.268 e. The molecule has 2 heterocycles. The van der Waals surface area contributed by atoms with Crippen LogP contribution in [0, 0.1) is 0 Å². The zero-order chi connectivity index (χ0) is 19.8. The largest absolute Gasteiger partial charge is 0.493 e. The first kappa shape index (κ1) is 18.6. The van der Waals surface area contributed by atoms with Crippen molar-refractivity contribution in [2.24, 2.45) is 0 Å². The van der Waals surface area contributed by atoms with Gasteiger partial charge in [-0.3, -0.25) is 9.78 Å². The van der Waals surface area contributed by atoms with E-state index in [1.54, 1.807) is 6.07 Å². The highest BCUT2D eigenvalue weighted by molar-refractivity contribution is 5.80. The quantitative estimate of drug-likeness (QED) is 0.612. The number of alkyl halides is 6. The van der Waals surface area contributed by atoms with Crippen LogP contribution < -0.4 is 5.56 Å². The Kier molecular flexibility index (Phi) is 4.50. The fraction of sp³-hybridized carbons (Fsp3) is 0.118. The molecule has 1 aromatic carbocycles. The Morgan fingerprint density at radius 2 is 1.41 bits per heavy atom. The molecule has 0 N–H and O–H groups in total. The lowest BCUT2D eigenvalue weighted by atomic mass is 10.0. The zero-order valence-electron chi connectivity index (χ0n) is 13.2. The van der Waals surface area contributed by atoms with Crippen molar-refractivity contribution in [2.45, 2.75) is 12.5 Å². The number of hydrogen-bond donors (Lipinski definition) is 0. The van der Waals surface area contributed by atoms with Gasteiger partial charge in [-0.25, -0.2) is 4.98 Å². The number of benzene rings is 1. The summed E-state index contributed by atoms with van der Waals surface area (Å²) in [4.78, 5) is 19.5. The number of aromatic nitrogens is 3. The lowest BCUT2D eigenvalue weighted by Crippen LogP contribution is -2.38. The molecule has 0 saturated heterocycles. The van der Waals surface area contributed by atoms with E-state index >= 15 is 0 Å². The van der Waals surface area contributed by atoms with E-state index in [9.17, 15) is 31.1 Å². The van der Waals surface area contributed by atoms with Crippen LogP contribution in [0.4, 0.5) is 26.3 Å². The molecule has 4 nitrogen and oxygen atoms in total. The van der Waals surface area contributed by atoms with Crippen LogP contribution in [0.3, 0.4) is 0 Å². The molecule has 0 fully saturated rings. The van der Waals surface area contributed by atoms with Crippen LogP contribution in [-0.2, 0) is 12.5 Å². The van der Waals surface area contributed by atoms with Crippen LogP contribution in [0.2, 0.25) is 0 Å². The Bertz CT molecular complexity index is 1010. The zero-order valence-corrected chi connectivity index (χ0v) is 13.2. The molecule has 0 spiro atoms. The summed E-state index contributed by atoms with van der Waals surface area (Å²) >= 11 is 0. The fourth-order valence-corrected chi connectivity index (χ4v) is 2.53. The van der Waals surface area contributed by atoms with Crippen molar-refractivity contribution in [3.05, 3.63) is 71.0 Å². The molecule has 0 atom stereocenters. The third kappa shape index (κ3) is 3.55. The Balaban J connectivity index is 2.50. The van der Waals surface area contributed by atoms with Gasteiger partial charge in [-0.05, 0) is 17.7 Å². The van der Waals surface area contributed by atoms with E-state index in [2.05, 4.69) is 9.97 Å². The highest BCUT2D eigenvalue weighted by atomic mass is 19.4. The van der Waals surface area contributed by atoms with E-state index in [4.69, 9.17) is 0 Å². The molecule has 3 aromatic rings. The molecule has 0 saturated carbocycles. The molecule has 0 aliphatic carbocycles. The third-order valence-electron chi connectivity index (χ3n) is 3.61. The second-order valence-electron chi connectivity index (χ2n) is 5.37. The average molecular weight is 385 g/mol. The van der Waals surface area contributed by atoms with Crippen molar-refractivity contribution in [1.82, 2.24) is 14.5 Å². The van der Waals surface area contributed by atoms with E-state index < -0.39 is 39.7 Å². The van der Waals surface area contributed by atoms with Crippen molar-refractivity contribution in [1.29, 1.82) is 0 Å². The van der Waals surface area contributed by atoms with E-state index in [1.807, 2.05) is 0 Å². The third-order valence-corrected chi connectivity index (χ3v) is 3.61. The fourth-order valence-electron chi connectivity index (χ4n) is 2.53. The van der Waals surface area contributed by atoms with E-state index in [-0.39, 0.29) is 11.1 Å². The van der Waals surface area contributed by atoms with Gasteiger partial charge in [0.05, 0.1) is 11.3 Å². The maximum Gasteiger partial charge on any atom is 0.493 e. The number of rotatable bonds is 2. The molecular weight excluding hydrogens is 376 g/mol. The second-order valence-corrected chi connectivity index (χ2v) is 5.37. The van der Waals surface area contributed by atoms with Crippen LogP contribution >= 0.6 is 0 Å². The lowest BCUT2D eigenvalue weighted by molar-refractivity contribution is -0.226. The summed E-state index contributed by atoms with van der Waals surface area (Å²) in [5.41, 5.74) is -2.93. The van der Waals surface area contributed by atoms with Crippen molar-refractivity contribution in [3.8, 4) is 22.4 Å². The SMILES string of the molecule is O=c1c(-c2ccccc2)c(-c2ccncc2)nc(C(F)(F)F)n1C(F)(F)F. The molecular formula is C17H9F6N3O. The molecule has 140 valence electrons. The first-order valence-corrected chi connectivity index (χ1v) is 7.38. The lowest BCUT2D eigenvalue weighted by Gasteiger charge is -2.20.